The summed E-state index contributed by atoms with van der Waals surface area (Å²) in [5.74, 6) is -1.56. The van der Waals surface area contributed by atoms with Gasteiger partial charge in [-0.1, -0.05) is 0 Å². The highest BCUT2D eigenvalue weighted by Crippen LogP contribution is 2.06. The van der Waals surface area contributed by atoms with E-state index in [9.17, 15) is 9.59 Å². The van der Waals surface area contributed by atoms with Crippen molar-refractivity contribution >= 4 is 29.0 Å². The summed E-state index contributed by atoms with van der Waals surface area (Å²) in [6, 6.07) is 0.857. The van der Waals surface area contributed by atoms with Crippen molar-refractivity contribution in [1.82, 2.24) is 0 Å². The number of rotatable bonds is 1. The Morgan fingerprint density at radius 1 is 1.67 bits per heavy atom. The molecule has 0 bridgehead atoms. The van der Waals surface area contributed by atoms with E-state index in [1.165, 1.54) is 23.0 Å². The van der Waals surface area contributed by atoms with Crippen LogP contribution in [0.15, 0.2) is 21.5 Å². The standard InChI is InChI=1S/C6H3IO5/c7-12-6(10)5-1-3(8)4(9)2-11-5/h1-2,9H. The number of aromatic hydroxyl groups is 1. The van der Waals surface area contributed by atoms with Crippen molar-refractivity contribution in [3.63, 3.8) is 0 Å². The summed E-state index contributed by atoms with van der Waals surface area (Å²) in [5, 5.41) is 8.74. The van der Waals surface area contributed by atoms with E-state index in [-0.39, 0.29) is 5.76 Å². The fourth-order valence-electron chi connectivity index (χ4n) is 0.549. The van der Waals surface area contributed by atoms with Gasteiger partial charge in [0.2, 0.25) is 11.2 Å². The largest absolute Gasteiger partial charge is 0.502 e. The topological polar surface area (TPSA) is 76.7 Å². The van der Waals surface area contributed by atoms with Crippen LogP contribution in [0.1, 0.15) is 10.6 Å². The maximum absolute atomic E-state index is 10.7. The van der Waals surface area contributed by atoms with Crippen LogP contribution in [-0.4, -0.2) is 11.1 Å². The first-order chi connectivity index (χ1) is 5.65. The fraction of sp³-hybridized carbons (Fsp3) is 0. The van der Waals surface area contributed by atoms with Crippen LogP contribution in [0.2, 0.25) is 0 Å². The molecule has 0 aliphatic carbocycles. The lowest BCUT2D eigenvalue weighted by atomic mass is 10.4. The highest BCUT2D eigenvalue weighted by Gasteiger charge is 2.10. The highest BCUT2D eigenvalue weighted by molar-refractivity contribution is 14.1. The van der Waals surface area contributed by atoms with Crippen LogP contribution in [0, 0.1) is 0 Å². The molecule has 12 heavy (non-hydrogen) atoms. The molecule has 0 radical (unpaired) electrons. The third-order valence-electron chi connectivity index (χ3n) is 1.08. The van der Waals surface area contributed by atoms with E-state index < -0.39 is 17.1 Å². The quantitative estimate of drug-likeness (QED) is 0.773. The number of carbonyl (C=O) groups excluding carboxylic acids is 1. The summed E-state index contributed by atoms with van der Waals surface area (Å²) in [4.78, 5) is 21.5. The van der Waals surface area contributed by atoms with E-state index in [2.05, 4.69) is 7.48 Å². The molecular formula is C6H3IO5. The molecule has 0 aliphatic rings. The molecular weight excluding hydrogens is 279 g/mol. The van der Waals surface area contributed by atoms with Crippen molar-refractivity contribution in [2.45, 2.75) is 0 Å². The van der Waals surface area contributed by atoms with Crippen molar-refractivity contribution in [1.29, 1.82) is 0 Å². The van der Waals surface area contributed by atoms with Gasteiger partial charge in [-0.3, -0.25) is 4.79 Å². The molecule has 0 aliphatic heterocycles. The van der Waals surface area contributed by atoms with Crippen molar-refractivity contribution in [3.05, 3.63) is 28.3 Å². The average Bonchev–Trinajstić information content (AvgIpc) is 2.08. The number of hydrogen-bond acceptors (Lipinski definition) is 5. The zero-order chi connectivity index (χ0) is 9.14. The number of halogens is 1. The van der Waals surface area contributed by atoms with E-state index in [1.54, 1.807) is 0 Å². The average molecular weight is 282 g/mol. The van der Waals surface area contributed by atoms with Gasteiger partial charge < -0.3 is 12.6 Å². The van der Waals surface area contributed by atoms with Gasteiger partial charge in [0.05, 0.1) is 0 Å². The maximum atomic E-state index is 10.7. The molecule has 6 heteroatoms. The Hall–Kier alpha value is -1.05. The first-order valence-corrected chi connectivity index (χ1v) is 3.68. The summed E-state index contributed by atoms with van der Waals surface area (Å²) in [6.07, 6.45) is 0.783. The molecule has 1 N–H and O–H groups in total. The normalized spacial score (nSPS) is 9.42. The second kappa shape index (κ2) is 3.57. The molecule has 5 nitrogen and oxygen atoms in total. The summed E-state index contributed by atoms with van der Waals surface area (Å²) < 4.78 is 8.81. The van der Waals surface area contributed by atoms with Crippen LogP contribution >= 0.6 is 23.0 Å². The van der Waals surface area contributed by atoms with Crippen LogP contribution in [0.3, 0.4) is 0 Å². The molecule has 1 aromatic rings. The van der Waals surface area contributed by atoms with Gasteiger partial charge in [-0.05, 0) is 0 Å². The monoisotopic (exact) mass is 282 g/mol. The summed E-state index contributed by atoms with van der Waals surface area (Å²) in [6.45, 7) is 0. The highest BCUT2D eigenvalue weighted by atomic mass is 127. The molecule has 1 aromatic heterocycles. The van der Waals surface area contributed by atoms with Gasteiger partial charge in [-0.15, -0.1) is 0 Å². The van der Waals surface area contributed by atoms with Gasteiger partial charge in [0.25, 0.3) is 0 Å². The molecule has 0 saturated carbocycles. The zero-order valence-electron chi connectivity index (χ0n) is 5.61. The molecule has 1 rings (SSSR count). The third-order valence-corrected chi connectivity index (χ3v) is 1.48. The maximum Gasteiger partial charge on any atom is 0.383 e. The summed E-state index contributed by atoms with van der Waals surface area (Å²) in [7, 11) is 0. The molecule has 64 valence electrons. The Bertz CT molecular complexity index is 355. The fourth-order valence-corrected chi connectivity index (χ4v) is 0.766. The van der Waals surface area contributed by atoms with E-state index in [4.69, 9.17) is 5.11 Å². The van der Waals surface area contributed by atoms with Crippen LogP contribution in [-0.2, 0) is 3.07 Å². The first kappa shape index (κ1) is 9.04. The molecule has 0 spiro atoms. The Morgan fingerprint density at radius 2 is 2.33 bits per heavy atom. The van der Waals surface area contributed by atoms with Crippen LogP contribution in [0.5, 0.6) is 5.75 Å². The summed E-state index contributed by atoms with van der Waals surface area (Å²) in [5.41, 5.74) is -0.682. The lowest BCUT2D eigenvalue weighted by Gasteiger charge is -1.94. The molecule has 0 atom stereocenters. The molecule has 1 heterocycles. The van der Waals surface area contributed by atoms with Gasteiger partial charge >= 0.3 is 5.97 Å². The Morgan fingerprint density at radius 3 is 2.83 bits per heavy atom. The Labute approximate surface area is 80.6 Å². The Balaban J connectivity index is 3.13. The second-order valence-corrected chi connectivity index (χ2v) is 2.30. The van der Waals surface area contributed by atoms with Crippen molar-refractivity contribution < 1.29 is 17.4 Å². The molecule has 0 amide bonds. The third kappa shape index (κ3) is 1.76. The van der Waals surface area contributed by atoms with Crippen LogP contribution in [0.4, 0.5) is 0 Å². The molecule has 0 saturated heterocycles. The zero-order valence-corrected chi connectivity index (χ0v) is 7.77. The van der Waals surface area contributed by atoms with E-state index in [1.807, 2.05) is 0 Å². The van der Waals surface area contributed by atoms with E-state index >= 15 is 0 Å². The van der Waals surface area contributed by atoms with Crippen LogP contribution < -0.4 is 5.43 Å². The Kier molecular flexibility index (Phi) is 2.69. The van der Waals surface area contributed by atoms with Crippen molar-refractivity contribution in [2.75, 3.05) is 0 Å². The minimum atomic E-state index is -0.771. The molecule has 0 unspecified atom stereocenters. The molecule has 0 aromatic carbocycles. The lowest BCUT2D eigenvalue weighted by Crippen LogP contribution is -2.05. The SMILES string of the molecule is O=C(OI)c1cc(=O)c(O)co1. The van der Waals surface area contributed by atoms with Gasteiger partial charge in [-0.2, -0.15) is 0 Å². The second-order valence-electron chi connectivity index (χ2n) is 1.86. The number of hydrogen-bond donors (Lipinski definition) is 1. The predicted octanol–water partition coefficient (Wildman–Crippen LogP) is 0.852. The minimum absolute atomic E-state index is 0.243. The van der Waals surface area contributed by atoms with Gasteiger partial charge in [-0.25, -0.2) is 4.79 Å². The minimum Gasteiger partial charge on any atom is -0.502 e. The molecule has 0 fully saturated rings. The van der Waals surface area contributed by atoms with Crippen LogP contribution in [0.25, 0.3) is 0 Å². The summed E-state index contributed by atoms with van der Waals surface area (Å²) >= 11 is 1.36. The number of carbonyl (C=O) groups is 1. The predicted molar refractivity (Wildman–Crippen MR) is 46.1 cm³/mol. The van der Waals surface area contributed by atoms with E-state index in [0.717, 1.165) is 12.3 Å². The van der Waals surface area contributed by atoms with E-state index in [0.29, 0.717) is 0 Å². The first-order valence-electron chi connectivity index (χ1n) is 2.80. The smallest absolute Gasteiger partial charge is 0.383 e. The van der Waals surface area contributed by atoms with Gasteiger partial charge in [0.1, 0.15) is 6.26 Å². The van der Waals surface area contributed by atoms with Crippen molar-refractivity contribution in [3.8, 4) is 5.75 Å². The van der Waals surface area contributed by atoms with Gasteiger partial charge in [0, 0.05) is 6.07 Å². The van der Waals surface area contributed by atoms with Crippen molar-refractivity contribution in [2.24, 2.45) is 0 Å². The lowest BCUT2D eigenvalue weighted by molar-refractivity contribution is 0.0765. The van der Waals surface area contributed by atoms with Gasteiger partial charge in [0.15, 0.2) is 28.8 Å².